The highest BCUT2D eigenvalue weighted by molar-refractivity contribution is 7.59. The van der Waals surface area contributed by atoms with Crippen molar-refractivity contribution in [3.8, 4) is 0 Å². The van der Waals surface area contributed by atoms with Crippen LogP contribution in [0.2, 0.25) is 0 Å². The van der Waals surface area contributed by atoms with Gasteiger partial charge in [-0.2, -0.15) is 13.5 Å². The predicted octanol–water partition coefficient (Wildman–Crippen LogP) is -0.123. The fraction of sp³-hybridized carbons (Fsp3) is 1.00. The van der Waals surface area contributed by atoms with Crippen LogP contribution < -0.4 is 0 Å². The topological polar surface area (TPSA) is 49.7 Å². The fourth-order valence-electron chi connectivity index (χ4n) is 0.356. The van der Waals surface area contributed by atoms with E-state index >= 15 is 0 Å². The number of aliphatic hydroxyl groups excluding tert-OH is 2. The van der Waals surface area contributed by atoms with Crippen LogP contribution in [-0.4, -0.2) is 35.6 Å². The van der Waals surface area contributed by atoms with Gasteiger partial charge in [0, 0.05) is 0 Å². The van der Waals surface area contributed by atoms with Crippen molar-refractivity contribution in [2.24, 2.45) is 0 Å². The van der Waals surface area contributed by atoms with Crippen molar-refractivity contribution in [2.75, 3.05) is 13.2 Å². The lowest BCUT2D eigenvalue weighted by atomic mass is 10.4. The van der Waals surface area contributed by atoms with Crippen LogP contribution in [0.15, 0.2) is 0 Å². The quantitative estimate of drug-likeness (QED) is 0.615. The molecule has 0 aromatic rings. The Morgan fingerprint density at radius 1 is 1.40 bits per heavy atom. The molecule has 0 saturated heterocycles. The molecule has 0 aromatic carbocycles. The molecule has 4 heteroatoms. The fourth-order valence-corrected chi connectivity index (χ4v) is 0.356. The first-order valence-corrected chi connectivity index (χ1v) is 3.07. The Balaban J connectivity index is 0. The minimum absolute atomic E-state index is 0. The van der Waals surface area contributed by atoms with Crippen LogP contribution in [0.5, 0.6) is 0 Å². The Morgan fingerprint density at radius 2 is 1.90 bits per heavy atom. The molecule has 0 aliphatic carbocycles. The van der Waals surface area contributed by atoms with Gasteiger partial charge in [-0.1, -0.05) is 0 Å². The summed E-state index contributed by atoms with van der Waals surface area (Å²) < 4.78 is 4.95. The number of rotatable bonds is 4. The summed E-state index contributed by atoms with van der Waals surface area (Å²) in [5.41, 5.74) is 0. The van der Waals surface area contributed by atoms with E-state index in [1.54, 1.807) is 13.8 Å². The van der Waals surface area contributed by atoms with Gasteiger partial charge in [-0.15, -0.1) is 0 Å². The number of aliphatic hydroxyl groups is 2. The summed E-state index contributed by atoms with van der Waals surface area (Å²) in [6.07, 6.45) is -0.612. The lowest BCUT2D eigenvalue weighted by molar-refractivity contribution is -0.0177. The molecule has 3 nitrogen and oxygen atoms in total. The second-order valence-corrected chi connectivity index (χ2v) is 2.18. The van der Waals surface area contributed by atoms with Gasteiger partial charge in [0.2, 0.25) is 0 Å². The molecule has 0 bridgehead atoms. The van der Waals surface area contributed by atoms with Crippen molar-refractivity contribution >= 4 is 13.5 Å². The molecule has 0 amide bonds. The molecule has 0 aliphatic heterocycles. The minimum atomic E-state index is -0.445. The van der Waals surface area contributed by atoms with Gasteiger partial charge < -0.3 is 14.9 Å². The third kappa shape index (κ3) is 8.23. The maximum Gasteiger partial charge on any atom is 0.0779 e. The van der Waals surface area contributed by atoms with Crippen LogP contribution in [-0.2, 0) is 4.74 Å². The van der Waals surface area contributed by atoms with Crippen molar-refractivity contribution < 1.29 is 14.9 Å². The molecule has 0 rings (SSSR count). The van der Waals surface area contributed by atoms with E-state index in [9.17, 15) is 0 Å². The van der Waals surface area contributed by atoms with E-state index in [-0.39, 0.29) is 26.2 Å². The van der Waals surface area contributed by atoms with Gasteiger partial charge in [-0.25, -0.2) is 0 Å². The standard InChI is InChI=1S/C6H14O3.H2S/c1-5(8)4-9-6(2)3-7;/h5-8H,3-4H2,1-2H3;1H2. The van der Waals surface area contributed by atoms with Gasteiger partial charge in [0.15, 0.2) is 0 Å². The van der Waals surface area contributed by atoms with E-state index in [1.807, 2.05) is 0 Å². The number of hydrogen-bond donors (Lipinski definition) is 2. The Hall–Kier alpha value is 0.230. The first kappa shape index (κ1) is 12.9. The van der Waals surface area contributed by atoms with Crippen LogP contribution in [0, 0.1) is 0 Å². The third-order valence-electron chi connectivity index (χ3n) is 0.879. The van der Waals surface area contributed by atoms with E-state index in [2.05, 4.69) is 0 Å². The van der Waals surface area contributed by atoms with Crippen molar-refractivity contribution in [3.63, 3.8) is 0 Å². The molecule has 2 N–H and O–H groups in total. The second kappa shape index (κ2) is 7.34. The zero-order chi connectivity index (χ0) is 7.28. The molecule has 64 valence electrons. The van der Waals surface area contributed by atoms with Gasteiger partial charge in [0.1, 0.15) is 0 Å². The third-order valence-corrected chi connectivity index (χ3v) is 0.879. The first-order chi connectivity index (χ1) is 4.16. The average molecular weight is 168 g/mol. The van der Waals surface area contributed by atoms with Crippen molar-refractivity contribution in [2.45, 2.75) is 26.1 Å². The molecule has 2 atom stereocenters. The summed E-state index contributed by atoms with van der Waals surface area (Å²) in [6, 6.07) is 0. The van der Waals surface area contributed by atoms with Crippen molar-refractivity contribution in [1.29, 1.82) is 0 Å². The van der Waals surface area contributed by atoms with Crippen LogP contribution in [0.4, 0.5) is 0 Å². The monoisotopic (exact) mass is 168 g/mol. The molecule has 0 heterocycles. The molecule has 0 aliphatic rings. The van der Waals surface area contributed by atoms with Crippen LogP contribution >= 0.6 is 13.5 Å². The lowest BCUT2D eigenvalue weighted by Crippen LogP contribution is -2.19. The van der Waals surface area contributed by atoms with Crippen molar-refractivity contribution in [1.82, 2.24) is 0 Å². The summed E-state index contributed by atoms with van der Waals surface area (Å²) in [6.45, 7) is 3.70. The van der Waals surface area contributed by atoms with Gasteiger partial charge in [0.25, 0.3) is 0 Å². The summed E-state index contributed by atoms with van der Waals surface area (Å²) in [7, 11) is 0. The number of hydrogen-bond acceptors (Lipinski definition) is 3. The largest absolute Gasteiger partial charge is 0.394 e. The van der Waals surface area contributed by atoms with Crippen LogP contribution in [0.25, 0.3) is 0 Å². The molecular formula is C6H16O3S. The maximum atomic E-state index is 8.69. The Kier molecular flexibility index (Phi) is 9.44. The Morgan fingerprint density at radius 3 is 2.20 bits per heavy atom. The highest BCUT2D eigenvalue weighted by Crippen LogP contribution is 1.90. The Bertz CT molecular complexity index is 68.0. The van der Waals surface area contributed by atoms with Crippen molar-refractivity contribution in [3.05, 3.63) is 0 Å². The van der Waals surface area contributed by atoms with E-state index < -0.39 is 6.10 Å². The van der Waals surface area contributed by atoms with Crippen LogP contribution in [0.1, 0.15) is 13.8 Å². The summed E-state index contributed by atoms with van der Waals surface area (Å²) in [4.78, 5) is 0. The SMILES string of the molecule is CC(O)COC(C)CO.S. The summed E-state index contributed by atoms with van der Waals surface area (Å²) in [5.74, 6) is 0. The minimum Gasteiger partial charge on any atom is -0.394 e. The highest BCUT2D eigenvalue weighted by Gasteiger charge is 2.00. The smallest absolute Gasteiger partial charge is 0.0779 e. The number of ether oxygens (including phenoxy) is 1. The van der Waals surface area contributed by atoms with Gasteiger partial charge >= 0.3 is 0 Å². The van der Waals surface area contributed by atoms with Gasteiger partial charge in [-0.05, 0) is 13.8 Å². The molecule has 0 fully saturated rings. The zero-order valence-electron chi connectivity index (χ0n) is 6.37. The van der Waals surface area contributed by atoms with E-state index in [0.29, 0.717) is 6.61 Å². The summed E-state index contributed by atoms with van der Waals surface area (Å²) >= 11 is 0. The predicted molar refractivity (Wildman–Crippen MR) is 44.6 cm³/mol. The lowest BCUT2D eigenvalue weighted by Gasteiger charge is -2.10. The molecule has 0 saturated carbocycles. The normalized spacial score (nSPS) is 15.6. The molecular weight excluding hydrogens is 152 g/mol. The molecule has 2 unspecified atom stereocenters. The maximum absolute atomic E-state index is 8.69. The highest BCUT2D eigenvalue weighted by atomic mass is 32.1. The van der Waals surface area contributed by atoms with Crippen LogP contribution in [0.3, 0.4) is 0 Å². The second-order valence-electron chi connectivity index (χ2n) is 2.18. The molecule has 0 spiro atoms. The molecule has 10 heavy (non-hydrogen) atoms. The zero-order valence-corrected chi connectivity index (χ0v) is 7.37. The van der Waals surface area contributed by atoms with Gasteiger partial charge in [0.05, 0.1) is 25.4 Å². The van der Waals surface area contributed by atoms with E-state index in [0.717, 1.165) is 0 Å². The van der Waals surface area contributed by atoms with E-state index in [1.165, 1.54) is 0 Å². The molecule has 0 radical (unpaired) electrons. The average Bonchev–Trinajstić information content (AvgIpc) is 1.83. The molecule has 0 aromatic heterocycles. The van der Waals surface area contributed by atoms with E-state index in [4.69, 9.17) is 14.9 Å². The Labute approximate surface area is 68.5 Å². The summed E-state index contributed by atoms with van der Waals surface area (Å²) in [5, 5.41) is 17.1. The van der Waals surface area contributed by atoms with Gasteiger partial charge in [-0.3, -0.25) is 0 Å². The first-order valence-electron chi connectivity index (χ1n) is 3.07.